The summed E-state index contributed by atoms with van der Waals surface area (Å²) >= 11 is 0. The van der Waals surface area contributed by atoms with Gasteiger partial charge in [0.25, 0.3) is 0 Å². The van der Waals surface area contributed by atoms with E-state index in [-0.39, 0.29) is 17.3 Å². The van der Waals surface area contributed by atoms with Gasteiger partial charge in [-0.15, -0.1) is 5.10 Å². The van der Waals surface area contributed by atoms with Gasteiger partial charge in [-0.3, -0.25) is 5.10 Å². The van der Waals surface area contributed by atoms with Gasteiger partial charge in [0.2, 0.25) is 11.8 Å². The normalized spacial score (nSPS) is 15.9. The zero-order valence-electron chi connectivity index (χ0n) is 15.6. The molecule has 0 saturated heterocycles. The second-order valence-electron chi connectivity index (χ2n) is 6.59. The van der Waals surface area contributed by atoms with E-state index in [4.69, 9.17) is 15.2 Å². The van der Waals surface area contributed by atoms with Crippen LogP contribution in [0.25, 0.3) is 11.3 Å². The van der Waals surface area contributed by atoms with Crippen LogP contribution >= 0.6 is 0 Å². The Morgan fingerprint density at radius 3 is 2.57 bits per heavy atom. The lowest BCUT2D eigenvalue weighted by Gasteiger charge is -2.24. The molecular weight excluding hydrogens is 397 g/mol. The first-order valence-electron chi connectivity index (χ1n) is 8.81. The van der Waals surface area contributed by atoms with Crippen LogP contribution in [0.1, 0.15) is 22.6 Å². The van der Waals surface area contributed by atoms with Crippen molar-refractivity contribution in [2.24, 2.45) is 5.73 Å². The van der Waals surface area contributed by atoms with E-state index in [9.17, 15) is 18.4 Å². The van der Waals surface area contributed by atoms with Crippen LogP contribution in [-0.4, -0.2) is 17.3 Å². The SMILES string of the molecule is COc1cccc(-c2[nH]nc3c2C(c2ccc(C(F)(F)F)cc2)C(C#N)=C(N)O3)c1. The summed E-state index contributed by atoms with van der Waals surface area (Å²) in [5.74, 6) is -0.122. The van der Waals surface area contributed by atoms with Gasteiger partial charge in [0.1, 0.15) is 17.4 Å². The largest absolute Gasteiger partial charge is 0.497 e. The number of rotatable bonds is 3. The van der Waals surface area contributed by atoms with Crippen molar-refractivity contribution in [1.82, 2.24) is 10.2 Å². The number of nitriles is 1. The van der Waals surface area contributed by atoms with E-state index in [1.807, 2.05) is 12.1 Å². The van der Waals surface area contributed by atoms with Gasteiger partial charge in [0, 0.05) is 5.56 Å². The third-order valence-electron chi connectivity index (χ3n) is 4.87. The number of alkyl halides is 3. The highest BCUT2D eigenvalue weighted by Crippen LogP contribution is 2.46. The number of nitrogens with zero attached hydrogens (tertiary/aromatic N) is 2. The van der Waals surface area contributed by atoms with Crippen molar-refractivity contribution in [3.8, 4) is 29.0 Å². The van der Waals surface area contributed by atoms with Crippen molar-refractivity contribution in [2.45, 2.75) is 12.1 Å². The maximum atomic E-state index is 13.0. The smallest absolute Gasteiger partial charge is 0.416 e. The van der Waals surface area contributed by atoms with Gasteiger partial charge in [-0.1, -0.05) is 24.3 Å². The first kappa shape index (κ1) is 19.4. The van der Waals surface area contributed by atoms with Crippen molar-refractivity contribution in [2.75, 3.05) is 7.11 Å². The molecule has 2 aromatic carbocycles. The Hall–Kier alpha value is -3.93. The molecule has 3 N–H and O–H groups in total. The summed E-state index contributed by atoms with van der Waals surface area (Å²) in [6, 6.07) is 13.8. The number of hydrogen-bond donors (Lipinski definition) is 2. The Morgan fingerprint density at radius 2 is 1.93 bits per heavy atom. The van der Waals surface area contributed by atoms with Crippen LogP contribution in [0.4, 0.5) is 13.2 Å². The summed E-state index contributed by atoms with van der Waals surface area (Å²) in [4.78, 5) is 0. The fraction of sp³-hybridized carbons (Fsp3) is 0.143. The molecule has 1 atom stereocenters. The molecule has 0 spiro atoms. The van der Waals surface area contributed by atoms with Gasteiger partial charge in [0.15, 0.2) is 0 Å². The molecule has 152 valence electrons. The van der Waals surface area contributed by atoms with Crippen LogP contribution in [0.15, 0.2) is 60.0 Å². The minimum Gasteiger partial charge on any atom is -0.497 e. The second-order valence-corrected chi connectivity index (χ2v) is 6.59. The van der Waals surface area contributed by atoms with Crippen molar-refractivity contribution in [3.63, 3.8) is 0 Å². The molecule has 1 aliphatic heterocycles. The van der Waals surface area contributed by atoms with Gasteiger partial charge in [-0.2, -0.15) is 18.4 Å². The van der Waals surface area contributed by atoms with Crippen molar-refractivity contribution in [1.29, 1.82) is 5.26 Å². The number of aromatic amines is 1. The number of methoxy groups -OCH3 is 1. The fourth-order valence-electron chi connectivity index (χ4n) is 3.44. The zero-order chi connectivity index (χ0) is 21.5. The van der Waals surface area contributed by atoms with Gasteiger partial charge in [-0.25, -0.2) is 0 Å². The van der Waals surface area contributed by atoms with E-state index < -0.39 is 17.7 Å². The molecular formula is C21H15F3N4O2. The van der Waals surface area contributed by atoms with E-state index >= 15 is 0 Å². The summed E-state index contributed by atoms with van der Waals surface area (Å²) in [6.45, 7) is 0. The number of fused-ring (bicyclic) bond motifs is 1. The third kappa shape index (κ3) is 3.22. The highest BCUT2D eigenvalue weighted by Gasteiger charge is 2.36. The number of aromatic nitrogens is 2. The lowest BCUT2D eigenvalue weighted by molar-refractivity contribution is -0.137. The molecule has 4 rings (SSSR count). The average Bonchev–Trinajstić information content (AvgIpc) is 3.15. The number of hydrogen-bond acceptors (Lipinski definition) is 5. The first-order chi connectivity index (χ1) is 14.3. The van der Waals surface area contributed by atoms with Crippen molar-refractivity contribution < 1.29 is 22.6 Å². The van der Waals surface area contributed by atoms with Gasteiger partial charge < -0.3 is 15.2 Å². The maximum Gasteiger partial charge on any atom is 0.416 e. The molecule has 0 amide bonds. The minimum atomic E-state index is -4.46. The Bertz CT molecular complexity index is 1170. The van der Waals surface area contributed by atoms with Crippen LogP contribution < -0.4 is 15.2 Å². The number of H-pyrrole nitrogens is 1. The fourth-order valence-corrected chi connectivity index (χ4v) is 3.44. The Labute approximate surface area is 169 Å². The summed E-state index contributed by atoms with van der Waals surface area (Å²) < 4.78 is 49.7. The van der Waals surface area contributed by atoms with E-state index in [1.54, 1.807) is 18.2 Å². The summed E-state index contributed by atoms with van der Waals surface area (Å²) in [6.07, 6.45) is -4.46. The molecule has 9 heteroatoms. The Morgan fingerprint density at radius 1 is 1.20 bits per heavy atom. The zero-order valence-corrected chi connectivity index (χ0v) is 15.6. The highest BCUT2D eigenvalue weighted by atomic mass is 19.4. The van der Waals surface area contributed by atoms with E-state index in [0.717, 1.165) is 12.1 Å². The highest BCUT2D eigenvalue weighted by molar-refractivity contribution is 5.71. The lowest BCUT2D eigenvalue weighted by atomic mass is 9.82. The monoisotopic (exact) mass is 412 g/mol. The first-order valence-corrected chi connectivity index (χ1v) is 8.81. The molecule has 2 heterocycles. The molecule has 1 aromatic heterocycles. The summed E-state index contributed by atoms with van der Waals surface area (Å²) in [5.41, 5.74) is 7.44. The topological polar surface area (TPSA) is 97.0 Å². The lowest BCUT2D eigenvalue weighted by Crippen LogP contribution is -2.21. The Balaban J connectivity index is 1.89. The second kappa shape index (κ2) is 7.15. The molecule has 0 radical (unpaired) electrons. The summed E-state index contributed by atoms with van der Waals surface area (Å²) in [5, 5.41) is 16.7. The third-order valence-corrected chi connectivity index (χ3v) is 4.87. The van der Waals surface area contributed by atoms with Gasteiger partial charge >= 0.3 is 6.18 Å². The summed E-state index contributed by atoms with van der Waals surface area (Å²) in [7, 11) is 1.53. The van der Waals surface area contributed by atoms with Crippen LogP contribution in [-0.2, 0) is 6.18 Å². The van der Waals surface area contributed by atoms with Crippen LogP contribution in [0.5, 0.6) is 11.6 Å². The maximum absolute atomic E-state index is 13.0. The van der Waals surface area contributed by atoms with E-state index in [2.05, 4.69) is 10.2 Å². The standard InChI is InChI=1S/C21H15F3N4O2/c1-29-14-4-2-3-12(9-14)18-17-16(11-5-7-13(8-6-11)21(22,23)24)15(10-25)19(26)30-20(17)28-27-18/h2-9,16H,26H2,1H3,(H,27,28). The number of allylic oxidation sites excluding steroid dienone is 1. The minimum absolute atomic E-state index is 0.0906. The van der Waals surface area contributed by atoms with Crippen LogP contribution in [0.3, 0.4) is 0 Å². The molecule has 0 aliphatic carbocycles. The molecule has 0 bridgehead atoms. The number of nitrogens with two attached hydrogens (primary N) is 1. The molecule has 3 aromatic rings. The molecule has 1 unspecified atom stereocenters. The predicted octanol–water partition coefficient (Wildman–Crippen LogP) is 4.32. The Kier molecular flexibility index (Phi) is 4.62. The average molecular weight is 412 g/mol. The molecule has 0 fully saturated rings. The van der Waals surface area contributed by atoms with E-state index in [0.29, 0.717) is 28.1 Å². The molecule has 1 aliphatic rings. The number of benzene rings is 2. The predicted molar refractivity (Wildman–Crippen MR) is 101 cm³/mol. The van der Waals surface area contributed by atoms with Gasteiger partial charge in [-0.05, 0) is 29.8 Å². The molecule has 6 nitrogen and oxygen atoms in total. The number of nitrogens with one attached hydrogen (secondary N) is 1. The van der Waals surface area contributed by atoms with Crippen molar-refractivity contribution in [3.05, 3.63) is 76.7 Å². The number of halogens is 3. The quantitative estimate of drug-likeness (QED) is 0.668. The van der Waals surface area contributed by atoms with Crippen LogP contribution in [0, 0.1) is 11.3 Å². The van der Waals surface area contributed by atoms with E-state index in [1.165, 1.54) is 19.2 Å². The molecule has 0 saturated carbocycles. The number of ether oxygens (including phenoxy) is 2. The molecule has 30 heavy (non-hydrogen) atoms. The van der Waals surface area contributed by atoms with Crippen LogP contribution in [0.2, 0.25) is 0 Å². The van der Waals surface area contributed by atoms with Gasteiger partial charge in [0.05, 0.1) is 29.8 Å². The van der Waals surface area contributed by atoms with Crippen molar-refractivity contribution >= 4 is 0 Å².